The molecule has 1 aromatic carbocycles. The average Bonchev–Trinajstić information content (AvgIpc) is 2.88. The Bertz CT molecular complexity index is 504. The van der Waals surface area contributed by atoms with E-state index in [0.717, 1.165) is 18.4 Å². The monoisotopic (exact) mass is 283 g/mol. The number of nitrogens with zero attached hydrogens (tertiary/aromatic N) is 2. The van der Waals surface area contributed by atoms with Gasteiger partial charge >= 0.3 is 0 Å². The minimum absolute atomic E-state index is 0.0526. The van der Waals surface area contributed by atoms with Gasteiger partial charge in [0.2, 0.25) is 0 Å². The normalized spacial score (nSPS) is 21.1. The zero-order valence-corrected chi connectivity index (χ0v) is 12.0. The summed E-state index contributed by atoms with van der Waals surface area (Å²) in [7, 11) is -1.79. The van der Waals surface area contributed by atoms with Crippen molar-refractivity contribution in [2.24, 2.45) is 5.73 Å². The summed E-state index contributed by atoms with van der Waals surface area (Å²) in [6.45, 7) is 1.35. The molecule has 2 rings (SSSR count). The van der Waals surface area contributed by atoms with Crippen molar-refractivity contribution >= 4 is 10.2 Å². The zero-order chi connectivity index (χ0) is 13.9. The molecule has 6 heteroatoms. The maximum atomic E-state index is 12.5. The molecular formula is C13H21N3O2S. The van der Waals surface area contributed by atoms with Gasteiger partial charge in [-0.25, -0.2) is 0 Å². The number of hydrogen-bond donors (Lipinski definition) is 1. The van der Waals surface area contributed by atoms with Gasteiger partial charge in [-0.2, -0.15) is 17.0 Å². The molecule has 0 radical (unpaired) electrons. The first kappa shape index (κ1) is 14.5. The molecule has 0 bridgehead atoms. The second-order valence-corrected chi connectivity index (χ2v) is 6.88. The van der Waals surface area contributed by atoms with Crippen LogP contribution in [0.15, 0.2) is 30.3 Å². The van der Waals surface area contributed by atoms with E-state index < -0.39 is 10.2 Å². The van der Waals surface area contributed by atoms with Crippen LogP contribution in [0.4, 0.5) is 0 Å². The van der Waals surface area contributed by atoms with Crippen molar-refractivity contribution in [3.8, 4) is 0 Å². The molecule has 1 atom stereocenters. The van der Waals surface area contributed by atoms with Gasteiger partial charge in [-0.1, -0.05) is 30.3 Å². The van der Waals surface area contributed by atoms with E-state index in [9.17, 15) is 8.42 Å². The van der Waals surface area contributed by atoms with E-state index in [0.29, 0.717) is 19.6 Å². The SMILES string of the molecule is CN(Cc1ccccc1)S(=O)(=O)N1CCCC1CN. The molecule has 19 heavy (non-hydrogen) atoms. The molecule has 0 spiro atoms. The molecule has 106 valence electrons. The van der Waals surface area contributed by atoms with Crippen LogP contribution >= 0.6 is 0 Å². The molecule has 5 nitrogen and oxygen atoms in total. The lowest BCUT2D eigenvalue weighted by Crippen LogP contribution is -2.46. The van der Waals surface area contributed by atoms with Crippen LogP contribution in [0.1, 0.15) is 18.4 Å². The van der Waals surface area contributed by atoms with Gasteiger partial charge in [0, 0.05) is 32.7 Å². The van der Waals surface area contributed by atoms with E-state index in [2.05, 4.69) is 0 Å². The number of rotatable bonds is 5. The first-order valence-electron chi connectivity index (χ1n) is 6.53. The topological polar surface area (TPSA) is 66.6 Å². The molecule has 1 heterocycles. The lowest BCUT2D eigenvalue weighted by atomic mass is 10.2. The molecule has 0 aliphatic carbocycles. The third kappa shape index (κ3) is 3.14. The fourth-order valence-electron chi connectivity index (χ4n) is 2.45. The third-order valence-corrected chi connectivity index (χ3v) is 5.52. The summed E-state index contributed by atoms with van der Waals surface area (Å²) in [4.78, 5) is 0. The second-order valence-electron chi connectivity index (χ2n) is 4.89. The quantitative estimate of drug-likeness (QED) is 0.868. The van der Waals surface area contributed by atoms with Crippen LogP contribution in [0.5, 0.6) is 0 Å². The van der Waals surface area contributed by atoms with E-state index in [1.165, 1.54) is 8.61 Å². The molecule has 1 saturated heterocycles. The lowest BCUT2D eigenvalue weighted by Gasteiger charge is -2.28. The lowest BCUT2D eigenvalue weighted by molar-refractivity contribution is 0.344. The van der Waals surface area contributed by atoms with Crippen LogP contribution in [-0.2, 0) is 16.8 Å². The Morgan fingerprint density at radius 2 is 2.05 bits per heavy atom. The van der Waals surface area contributed by atoms with Gasteiger partial charge in [0.25, 0.3) is 10.2 Å². The smallest absolute Gasteiger partial charge is 0.282 e. The summed E-state index contributed by atoms with van der Waals surface area (Å²) in [5.74, 6) is 0. The molecule has 1 aromatic rings. The minimum atomic E-state index is -3.41. The Morgan fingerprint density at radius 3 is 2.68 bits per heavy atom. The highest BCUT2D eigenvalue weighted by Crippen LogP contribution is 2.22. The zero-order valence-electron chi connectivity index (χ0n) is 11.2. The Morgan fingerprint density at radius 1 is 1.37 bits per heavy atom. The van der Waals surface area contributed by atoms with E-state index in [1.54, 1.807) is 7.05 Å². The fourth-order valence-corrected chi connectivity index (χ4v) is 4.05. The van der Waals surface area contributed by atoms with Crippen LogP contribution in [0.2, 0.25) is 0 Å². The number of benzene rings is 1. The predicted octanol–water partition coefficient (Wildman–Crippen LogP) is 0.786. The molecule has 2 N–H and O–H groups in total. The van der Waals surface area contributed by atoms with Gasteiger partial charge < -0.3 is 5.73 Å². The molecule has 1 aliphatic heterocycles. The van der Waals surface area contributed by atoms with Crippen molar-refractivity contribution in [2.75, 3.05) is 20.1 Å². The summed E-state index contributed by atoms with van der Waals surface area (Å²) in [5, 5.41) is 0. The largest absolute Gasteiger partial charge is 0.329 e. The third-order valence-electron chi connectivity index (χ3n) is 3.53. The fraction of sp³-hybridized carbons (Fsp3) is 0.538. The van der Waals surface area contributed by atoms with Crippen LogP contribution in [0.3, 0.4) is 0 Å². The van der Waals surface area contributed by atoms with Gasteiger partial charge in [-0.3, -0.25) is 0 Å². The Balaban J connectivity index is 2.11. The summed E-state index contributed by atoms with van der Waals surface area (Å²) in [6.07, 6.45) is 1.75. The summed E-state index contributed by atoms with van der Waals surface area (Å²) < 4.78 is 27.9. The van der Waals surface area contributed by atoms with E-state index >= 15 is 0 Å². The highest BCUT2D eigenvalue weighted by atomic mass is 32.2. The number of nitrogens with two attached hydrogens (primary N) is 1. The van der Waals surface area contributed by atoms with Gasteiger partial charge in [-0.05, 0) is 18.4 Å². The van der Waals surface area contributed by atoms with Crippen LogP contribution in [0, 0.1) is 0 Å². The Kier molecular flexibility index (Phi) is 4.57. The van der Waals surface area contributed by atoms with Crippen LogP contribution in [-0.4, -0.2) is 43.2 Å². The molecule has 1 fully saturated rings. The Hall–Kier alpha value is -0.950. The van der Waals surface area contributed by atoms with Crippen LogP contribution < -0.4 is 5.73 Å². The summed E-state index contributed by atoms with van der Waals surface area (Å²) in [6, 6.07) is 9.54. The first-order chi connectivity index (χ1) is 9.05. The van der Waals surface area contributed by atoms with Crippen molar-refractivity contribution in [3.05, 3.63) is 35.9 Å². The van der Waals surface area contributed by atoms with Gasteiger partial charge in [-0.15, -0.1) is 0 Å². The van der Waals surface area contributed by atoms with Gasteiger partial charge in [0.15, 0.2) is 0 Å². The van der Waals surface area contributed by atoms with E-state index in [4.69, 9.17) is 5.73 Å². The summed E-state index contributed by atoms with van der Waals surface area (Å²) in [5.41, 5.74) is 6.63. The summed E-state index contributed by atoms with van der Waals surface area (Å²) >= 11 is 0. The van der Waals surface area contributed by atoms with E-state index in [-0.39, 0.29) is 6.04 Å². The molecule has 1 aliphatic rings. The molecular weight excluding hydrogens is 262 g/mol. The maximum Gasteiger partial charge on any atom is 0.282 e. The van der Waals surface area contributed by atoms with Crippen molar-refractivity contribution in [3.63, 3.8) is 0 Å². The maximum absolute atomic E-state index is 12.5. The molecule has 0 saturated carbocycles. The Labute approximate surface area is 115 Å². The second kappa shape index (κ2) is 6.00. The standard InChI is InChI=1S/C13H21N3O2S/c1-15(11-12-6-3-2-4-7-12)19(17,18)16-9-5-8-13(16)10-14/h2-4,6-7,13H,5,8-11,14H2,1H3. The van der Waals surface area contributed by atoms with Gasteiger partial charge in [0.05, 0.1) is 0 Å². The number of hydrogen-bond acceptors (Lipinski definition) is 3. The molecule has 0 amide bonds. The van der Waals surface area contributed by atoms with Gasteiger partial charge in [0.1, 0.15) is 0 Å². The molecule has 0 aromatic heterocycles. The van der Waals surface area contributed by atoms with Crippen molar-refractivity contribution in [2.45, 2.75) is 25.4 Å². The molecule has 1 unspecified atom stereocenters. The van der Waals surface area contributed by atoms with Crippen molar-refractivity contribution < 1.29 is 8.42 Å². The highest BCUT2D eigenvalue weighted by molar-refractivity contribution is 7.86. The van der Waals surface area contributed by atoms with Crippen molar-refractivity contribution in [1.29, 1.82) is 0 Å². The first-order valence-corrected chi connectivity index (χ1v) is 7.92. The van der Waals surface area contributed by atoms with Crippen LogP contribution in [0.25, 0.3) is 0 Å². The van der Waals surface area contributed by atoms with E-state index in [1.807, 2.05) is 30.3 Å². The van der Waals surface area contributed by atoms with Crippen molar-refractivity contribution in [1.82, 2.24) is 8.61 Å². The predicted molar refractivity (Wildman–Crippen MR) is 75.6 cm³/mol. The minimum Gasteiger partial charge on any atom is -0.329 e. The highest BCUT2D eigenvalue weighted by Gasteiger charge is 2.35. The average molecular weight is 283 g/mol.